The van der Waals surface area contributed by atoms with Gasteiger partial charge in [-0.15, -0.1) is 11.3 Å². The minimum atomic E-state index is -4.05. The number of sulfonamides is 1. The number of nitro benzene ring substituents is 1. The molecule has 0 unspecified atom stereocenters. The molecule has 1 heterocycles. The average Bonchev–Trinajstić information content (AvgIpc) is 2.82. The molecule has 3 N–H and O–H groups in total. The lowest BCUT2D eigenvalue weighted by Gasteiger charge is -2.07. The van der Waals surface area contributed by atoms with E-state index in [-0.39, 0.29) is 12.2 Å². The van der Waals surface area contributed by atoms with E-state index in [4.69, 9.17) is 5.73 Å². The van der Waals surface area contributed by atoms with Crippen LogP contribution in [0.25, 0.3) is 0 Å². The van der Waals surface area contributed by atoms with Crippen LogP contribution < -0.4 is 10.5 Å². The first-order chi connectivity index (χ1) is 9.81. The number of nitrogen functional groups attached to an aromatic ring is 1. The van der Waals surface area contributed by atoms with Crippen molar-refractivity contribution in [1.29, 1.82) is 0 Å². The predicted octanol–water partition coefficient (Wildman–Crippen LogP) is 1.42. The lowest BCUT2D eigenvalue weighted by Crippen LogP contribution is -2.24. The van der Waals surface area contributed by atoms with E-state index in [0.29, 0.717) is 5.01 Å². The number of nitro groups is 1. The summed E-state index contributed by atoms with van der Waals surface area (Å²) in [5.74, 6) is 0. The summed E-state index contributed by atoms with van der Waals surface area (Å²) in [7, 11) is -4.05. The monoisotopic (exact) mass is 328 g/mol. The maximum absolute atomic E-state index is 12.2. The third kappa shape index (κ3) is 3.35. The van der Waals surface area contributed by atoms with Crippen molar-refractivity contribution in [1.82, 2.24) is 9.71 Å². The van der Waals surface area contributed by atoms with Crippen molar-refractivity contribution < 1.29 is 13.3 Å². The second kappa shape index (κ2) is 5.76. The molecule has 0 saturated heterocycles. The number of nitrogens with one attached hydrogen (secondary N) is 1. The van der Waals surface area contributed by atoms with Gasteiger partial charge in [-0.05, 0) is 19.1 Å². The first kappa shape index (κ1) is 15.4. The molecule has 0 atom stereocenters. The second-order valence-electron chi connectivity index (χ2n) is 4.14. The number of rotatable bonds is 5. The molecule has 0 spiro atoms. The summed E-state index contributed by atoms with van der Waals surface area (Å²) in [5.41, 5.74) is 4.66. The zero-order valence-corrected chi connectivity index (χ0v) is 12.6. The Hall–Kier alpha value is -2.04. The molecule has 0 bridgehead atoms. The SMILES string of the molecule is Cc1cnc(CNS(=O)(=O)c2cccc(N)c2[N+](=O)[O-])s1. The molecule has 0 aliphatic rings. The average molecular weight is 328 g/mol. The zero-order chi connectivity index (χ0) is 15.6. The molecule has 0 saturated carbocycles. The van der Waals surface area contributed by atoms with E-state index in [0.717, 1.165) is 10.9 Å². The van der Waals surface area contributed by atoms with Crippen LogP contribution in [0, 0.1) is 17.0 Å². The third-order valence-corrected chi connectivity index (χ3v) is 4.93. The number of nitrogens with zero attached hydrogens (tertiary/aromatic N) is 2. The Labute approximate surface area is 124 Å². The molecule has 1 aromatic heterocycles. The van der Waals surface area contributed by atoms with Crippen molar-refractivity contribution >= 4 is 32.7 Å². The Morgan fingerprint density at radius 1 is 1.48 bits per heavy atom. The van der Waals surface area contributed by atoms with Crippen LogP contribution in [0.2, 0.25) is 0 Å². The van der Waals surface area contributed by atoms with Crippen molar-refractivity contribution in [3.8, 4) is 0 Å². The normalized spacial score (nSPS) is 11.5. The number of aromatic nitrogens is 1. The summed E-state index contributed by atoms with van der Waals surface area (Å²) in [4.78, 5) is 14.7. The lowest BCUT2D eigenvalue weighted by molar-refractivity contribution is -0.386. The number of nitrogens with two attached hydrogens (primary N) is 1. The van der Waals surface area contributed by atoms with E-state index in [2.05, 4.69) is 9.71 Å². The second-order valence-corrected chi connectivity index (χ2v) is 7.19. The fraction of sp³-hybridized carbons (Fsp3) is 0.182. The van der Waals surface area contributed by atoms with Crippen molar-refractivity contribution in [3.05, 3.63) is 44.4 Å². The summed E-state index contributed by atoms with van der Waals surface area (Å²) < 4.78 is 26.7. The van der Waals surface area contributed by atoms with Gasteiger partial charge in [0.15, 0.2) is 4.90 Å². The van der Waals surface area contributed by atoms with Crippen LogP contribution in [0.1, 0.15) is 9.88 Å². The first-order valence-electron chi connectivity index (χ1n) is 5.75. The highest BCUT2D eigenvalue weighted by Gasteiger charge is 2.28. The molecular formula is C11H12N4O4S2. The number of thiazole rings is 1. The maximum atomic E-state index is 12.2. The predicted molar refractivity (Wildman–Crippen MR) is 78.4 cm³/mol. The van der Waals surface area contributed by atoms with Crippen molar-refractivity contribution in [3.63, 3.8) is 0 Å². The number of para-hydroxylation sites is 1. The van der Waals surface area contributed by atoms with Gasteiger partial charge in [0, 0.05) is 11.1 Å². The highest BCUT2D eigenvalue weighted by molar-refractivity contribution is 7.89. The van der Waals surface area contributed by atoms with Gasteiger partial charge in [-0.25, -0.2) is 18.1 Å². The van der Waals surface area contributed by atoms with E-state index in [1.54, 1.807) is 6.20 Å². The third-order valence-electron chi connectivity index (χ3n) is 2.58. The molecule has 0 amide bonds. The van der Waals surface area contributed by atoms with Crippen molar-refractivity contribution in [2.75, 3.05) is 5.73 Å². The van der Waals surface area contributed by atoms with Gasteiger partial charge in [0.2, 0.25) is 10.0 Å². The van der Waals surface area contributed by atoms with Gasteiger partial charge < -0.3 is 5.73 Å². The van der Waals surface area contributed by atoms with Crippen LogP contribution in [-0.4, -0.2) is 18.3 Å². The summed E-state index contributed by atoms with van der Waals surface area (Å²) in [5, 5.41) is 11.6. The first-order valence-corrected chi connectivity index (χ1v) is 8.05. The Morgan fingerprint density at radius 2 is 2.19 bits per heavy atom. The molecule has 0 aliphatic carbocycles. The molecule has 0 radical (unpaired) electrons. The molecule has 2 rings (SSSR count). The number of aryl methyl sites for hydroxylation is 1. The molecule has 1 aromatic carbocycles. The molecule has 112 valence electrons. The Kier molecular flexibility index (Phi) is 4.21. The van der Waals surface area contributed by atoms with Crippen LogP contribution in [0.4, 0.5) is 11.4 Å². The van der Waals surface area contributed by atoms with E-state index in [1.165, 1.54) is 23.5 Å². The number of hydrogen-bond acceptors (Lipinski definition) is 7. The molecule has 0 aliphatic heterocycles. The topological polar surface area (TPSA) is 128 Å². The molecule has 10 heteroatoms. The summed E-state index contributed by atoms with van der Waals surface area (Å²) >= 11 is 1.34. The summed E-state index contributed by atoms with van der Waals surface area (Å²) in [6, 6.07) is 3.77. The quantitative estimate of drug-likeness (QED) is 0.485. The van der Waals surface area contributed by atoms with Crippen LogP contribution in [-0.2, 0) is 16.6 Å². The molecule has 2 aromatic rings. The van der Waals surface area contributed by atoms with Crippen molar-refractivity contribution in [2.24, 2.45) is 0 Å². The molecule has 8 nitrogen and oxygen atoms in total. The molecule has 0 fully saturated rings. The lowest BCUT2D eigenvalue weighted by atomic mass is 10.3. The highest BCUT2D eigenvalue weighted by Crippen LogP contribution is 2.29. The van der Waals surface area contributed by atoms with Gasteiger partial charge in [-0.2, -0.15) is 0 Å². The smallest absolute Gasteiger partial charge is 0.312 e. The minimum Gasteiger partial charge on any atom is -0.393 e. The van der Waals surface area contributed by atoms with Gasteiger partial charge in [0.25, 0.3) is 0 Å². The summed E-state index contributed by atoms with van der Waals surface area (Å²) in [6.45, 7) is 1.81. The van der Waals surface area contributed by atoms with Gasteiger partial charge in [0.1, 0.15) is 10.7 Å². The Balaban J connectivity index is 2.32. The highest BCUT2D eigenvalue weighted by atomic mass is 32.2. The number of hydrogen-bond donors (Lipinski definition) is 2. The number of benzene rings is 1. The standard InChI is InChI=1S/C11H12N4O4S2/c1-7-5-13-10(20-7)6-14-21(18,19)9-4-2-3-8(12)11(9)15(16)17/h2-5,14H,6,12H2,1H3. The molecular weight excluding hydrogens is 316 g/mol. The van der Waals surface area contributed by atoms with Gasteiger partial charge in [-0.3, -0.25) is 10.1 Å². The summed E-state index contributed by atoms with van der Waals surface area (Å²) in [6.07, 6.45) is 1.62. The van der Waals surface area contributed by atoms with Crippen LogP contribution >= 0.6 is 11.3 Å². The van der Waals surface area contributed by atoms with Gasteiger partial charge >= 0.3 is 5.69 Å². The molecule has 21 heavy (non-hydrogen) atoms. The van der Waals surface area contributed by atoms with Gasteiger partial charge in [0.05, 0.1) is 11.5 Å². The van der Waals surface area contributed by atoms with Crippen LogP contribution in [0.5, 0.6) is 0 Å². The maximum Gasteiger partial charge on any atom is 0.312 e. The zero-order valence-electron chi connectivity index (χ0n) is 10.9. The van der Waals surface area contributed by atoms with E-state index in [9.17, 15) is 18.5 Å². The van der Waals surface area contributed by atoms with E-state index >= 15 is 0 Å². The van der Waals surface area contributed by atoms with Crippen molar-refractivity contribution in [2.45, 2.75) is 18.4 Å². The minimum absolute atomic E-state index is 0.0349. The Morgan fingerprint density at radius 3 is 2.76 bits per heavy atom. The fourth-order valence-corrected chi connectivity index (χ4v) is 3.67. The van der Waals surface area contributed by atoms with Crippen LogP contribution in [0.3, 0.4) is 0 Å². The number of anilines is 1. The fourth-order valence-electron chi connectivity index (χ4n) is 1.67. The Bertz CT molecular complexity index is 785. The van der Waals surface area contributed by atoms with E-state index in [1.807, 2.05) is 6.92 Å². The van der Waals surface area contributed by atoms with Crippen LogP contribution in [0.15, 0.2) is 29.3 Å². The van der Waals surface area contributed by atoms with E-state index < -0.39 is 25.5 Å². The van der Waals surface area contributed by atoms with Gasteiger partial charge in [-0.1, -0.05) is 6.07 Å². The largest absolute Gasteiger partial charge is 0.393 e.